The van der Waals surface area contributed by atoms with E-state index in [-0.39, 0.29) is 0 Å². The maximum Gasteiger partial charge on any atom is 0.147 e. The van der Waals surface area contributed by atoms with E-state index in [1.54, 1.807) is 13.3 Å². The molecule has 0 saturated heterocycles. The third-order valence-electron chi connectivity index (χ3n) is 2.14. The minimum absolute atomic E-state index is 0.820. The number of aryl methyl sites for hydroxylation is 2. The van der Waals surface area contributed by atoms with Crippen LogP contribution in [0.25, 0.3) is 0 Å². The Morgan fingerprint density at radius 3 is 2.87 bits per heavy atom. The van der Waals surface area contributed by atoms with Crippen molar-refractivity contribution in [3.05, 3.63) is 17.6 Å². The predicted molar refractivity (Wildman–Crippen MR) is 61.1 cm³/mol. The molecule has 0 atom stereocenters. The van der Waals surface area contributed by atoms with Gasteiger partial charge < -0.3 is 10.1 Å². The normalized spacial score (nSPS) is 10.3. The molecule has 15 heavy (non-hydrogen) atoms. The summed E-state index contributed by atoms with van der Waals surface area (Å²) in [7, 11) is 1.73. The van der Waals surface area contributed by atoms with Crippen LogP contribution in [0.15, 0.2) is 6.20 Å². The largest absolute Gasteiger partial charge is 0.385 e. The number of aromatic nitrogens is 2. The van der Waals surface area contributed by atoms with Crippen LogP contribution in [0, 0.1) is 13.8 Å². The quantitative estimate of drug-likeness (QED) is 0.727. The van der Waals surface area contributed by atoms with Gasteiger partial charge in [0.2, 0.25) is 0 Å². The zero-order valence-electron chi connectivity index (χ0n) is 9.71. The van der Waals surface area contributed by atoms with Gasteiger partial charge in [0.05, 0.1) is 11.4 Å². The molecule has 0 aromatic carbocycles. The van der Waals surface area contributed by atoms with E-state index < -0.39 is 0 Å². The van der Waals surface area contributed by atoms with E-state index in [0.717, 1.165) is 43.2 Å². The second-order valence-electron chi connectivity index (χ2n) is 3.57. The Hall–Kier alpha value is -1.16. The lowest BCUT2D eigenvalue weighted by molar-refractivity contribution is 0.194. The Balaban J connectivity index is 2.33. The minimum atomic E-state index is 0.820. The number of rotatable bonds is 6. The molecule has 0 aliphatic heterocycles. The lowest BCUT2D eigenvalue weighted by atomic mass is 10.3. The number of hydrogen-bond acceptors (Lipinski definition) is 4. The number of hydrogen-bond donors (Lipinski definition) is 1. The summed E-state index contributed by atoms with van der Waals surface area (Å²) < 4.78 is 4.98. The van der Waals surface area contributed by atoms with Crippen LogP contribution in [0.1, 0.15) is 24.2 Å². The van der Waals surface area contributed by atoms with Crippen molar-refractivity contribution in [2.75, 3.05) is 25.6 Å². The van der Waals surface area contributed by atoms with Crippen molar-refractivity contribution in [2.24, 2.45) is 0 Å². The summed E-state index contributed by atoms with van der Waals surface area (Å²) in [4.78, 5) is 8.63. The molecular formula is C11H19N3O. The summed E-state index contributed by atoms with van der Waals surface area (Å²) in [6.45, 7) is 5.65. The monoisotopic (exact) mass is 209 g/mol. The van der Waals surface area contributed by atoms with Crippen LogP contribution >= 0.6 is 0 Å². The van der Waals surface area contributed by atoms with Crippen molar-refractivity contribution >= 4 is 5.82 Å². The van der Waals surface area contributed by atoms with E-state index >= 15 is 0 Å². The van der Waals surface area contributed by atoms with Crippen LogP contribution in [0.5, 0.6) is 0 Å². The fourth-order valence-corrected chi connectivity index (χ4v) is 1.28. The van der Waals surface area contributed by atoms with Crippen molar-refractivity contribution in [3.8, 4) is 0 Å². The van der Waals surface area contributed by atoms with Crippen LogP contribution in [0.4, 0.5) is 5.82 Å². The van der Waals surface area contributed by atoms with Gasteiger partial charge in [-0.3, -0.25) is 4.98 Å². The zero-order chi connectivity index (χ0) is 11.1. The molecule has 0 fully saturated rings. The lowest BCUT2D eigenvalue weighted by Gasteiger charge is -2.08. The highest BCUT2D eigenvalue weighted by molar-refractivity contribution is 5.39. The summed E-state index contributed by atoms with van der Waals surface area (Å²) in [5, 5.41) is 3.28. The first-order chi connectivity index (χ1) is 7.24. The van der Waals surface area contributed by atoms with Gasteiger partial charge in [-0.1, -0.05) is 0 Å². The van der Waals surface area contributed by atoms with Gasteiger partial charge in [-0.05, 0) is 26.7 Å². The maximum atomic E-state index is 4.98. The number of nitrogens with zero attached hydrogens (tertiary/aromatic N) is 2. The second-order valence-corrected chi connectivity index (χ2v) is 3.57. The van der Waals surface area contributed by atoms with Crippen LogP contribution < -0.4 is 5.32 Å². The van der Waals surface area contributed by atoms with Crippen LogP contribution in [-0.4, -0.2) is 30.2 Å². The molecule has 0 saturated carbocycles. The van der Waals surface area contributed by atoms with Crippen molar-refractivity contribution in [1.82, 2.24) is 9.97 Å². The molecule has 1 aromatic rings. The van der Waals surface area contributed by atoms with E-state index in [0.29, 0.717) is 0 Å². The molecule has 1 rings (SSSR count). The Morgan fingerprint density at radius 1 is 1.33 bits per heavy atom. The summed E-state index contributed by atoms with van der Waals surface area (Å²) in [6.07, 6.45) is 3.94. The van der Waals surface area contributed by atoms with Gasteiger partial charge in [0.25, 0.3) is 0 Å². The van der Waals surface area contributed by atoms with E-state index in [4.69, 9.17) is 4.74 Å². The molecule has 1 N–H and O–H groups in total. The lowest BCUT2D eigenvalue weighted by Crippen LogP contribution is -2.07. The molecule has 0 spiro atoms. The number of nitrogens with one attached hydrogen (secondary N) is 1. The highest BCUT2D eigenvalue weighted by Gasteiger charge is 2.00. The molecule has 84 valence electrons. The summed E-state index contributed by atoms with van der Waals surface area (Å²) >= 11 is 0. The average molecular weight is 209 g/mol. The van der Waals surface area contributed by atoms with Crippen LogP contribution in [-0.2, 0) is 4.74 Å². The topological polar surface area (TPSA) is 47.0 Å². The molecule has 0 unspecified atom stereocenters. The van der Waals surface area contributed by atoms with Gasteiger partial charge in [0.15, 0.2) is 0 Å². The first-order valence-corrected chi connectivity index (χ1v) is 5.27. The number of methoxy groups -OCH3 is 1. The van der Waals surface area contributed by atoms with Crippen LogP contribution in [0.3, 0.4) is 0 Å². The molecule has 0 aliphatic rings. The van der Waals surface area contributed by atoms with E-state index in [1.807, 2.05) is 13.8 Å². The molecule has 4 heteroatoms. The van der Waals surface area contributed by atoms with Crippen molar-refractivity contribution in [3.63, 3.8) is 0 Å². The van der Waals surface area contributed by atoms with E-state index in [1.165, 1.54) is 0 Å². The maximum absolute atomic E-state index is 4.98. The SMILES string of the molecule is COCCCCNc1nc(C)cnc1C. The van der Waals surface area contributed by atoms with Crippen molar-refractivity contribution in [1.29, 1.82) is 0 Å². The Labute approximate surface area is 91.1 Å². The van der Waals surface area contributed by atoms with Gasteiger partial charge in [0.1, 0.15) is 5.82 Å². The standard InChI is InChI=1S/C11H19N3O/c1-9-8-13-10(2)11(14-9)12-6-4-5-7-15-3/h8H,4-7H2,1-3H3,(H,12,14). The van der Waals surface area contributed by atoms with Crippen LogP contribution in [0.2, 0.25) is 0 Å². The van der Waals surface area contributed by atoms with Gasteiger partial charge in [0, 0.05) is 26.5 Å². The average Bonchev–Trinajstić information content (AvgIpc) is 2.23. The first-order valence-electron chi connectivity index (χ1n) is 5.27. The van der Waals surface area contributed by atoms with Crippen molar-refractivity contribution in [2.45, 2.75) is 26.7 Å². The number of anilines is 1. The molecule has 0 amide bonds. The fourth-order valence-electron chi connectivity index (χ4n) is 1.28. The first kappa shape index (κ1) is 11.9. The van der Waals surface area contributed by atoms with Crippen molar-refractivity contribution < 1.29 is 4.74 Å². The Bertz CT molecular complexity index is 302. The third-order valence-corrected chi connectivity index (χ3v) is 2.14. The third kappa shape index (κ3) is 4.25. The van der Waals surface area contributed by atoms with Gasteiger partial charge >= 0.3 is 0 Å². The minimum Gasteiger partial charge on any atom is -0.385 e. The molecule has 4 nitrogen and oxygen atoms in total. The van der Waals surface area contributed by atoms with Gasteiger partial charge in [-0.2, -0.15) is 0 Å². The fraction of sp³-hybridized carbons (Fsp3) is 0.636. The van der Waals surface area contributed by atoms with E-state index in [2.05, 4.69) is 15.3 Å². The van der Waals surface area contributed by atoms with Gasteiger partial charge in [-0.15, -0.1) is 0 Å². The summed E-state index contributed by atoms with van der Waals surface area (Å²) in [6, 6.07) is 0. The second kappa shape index (κ2) is 6.35. The molecule has 1 heterocycles. The smallest absolute Gasteiger partial charge is 0.147 e. The molecular weight excluding hydrogens is 190 g/mol. The number of unbranched alkanes of at least 4 members (excludes halogenated alkanes) is 1. The molecule has 1 aromatic heterocycles. The zero-order valence-corrected chi connectivity index (χ0v) is 9.71. The highest BCUT2D eigenvalue weighted by atomic mass is 16.5. The number of ether oxygens (including phenoxy) is 1. The van der Waals surface area contributed by atoms with E-state index in [9.17, 15) is 0 Å². The summed E-state index contributed by atoms with van der Waals surface area (Å²) in [5.41, 5.74) is 1.90. The Kier molecular flexibility index (Phi) is 5.04. The molecule has 0 bridgehead atoms. The van der Waals surface area contributed by atoms with Gasteiger partial charge in [-0.25, -0.2) is 4.98 Å². The molecule has 0 radical (unpaired) electrons. The molecule has 0 aliphatic carbocycles. The summed E-state index contributed by atoms with van der Waals surface area (Å²) in [5.74, 6) is 0.896. The predicted octanol–water partition coefficient (Wildman–Crippen LogP) is 1.93. The Morgan fingerprint density at radius 2 is 2.13 bits per heavy atom. The highest BCUT2D eigenvalue weighted by Crippen LogP contribution is 2.08.